The summed E-state index contributed by atoms with van der Waals surface area (Å²) in [6.45, 7) is 9.41. The maximum absolute atomic E-state index is 14.2. The molecule has 1 aliphatic heterocycles. The second kappa shape index (κ2) is 10.9. The molecule has 0 saturated carbocycles. The van der Waals surface area contributed by atoms with Crippen molar-refractivity contribution in [2.45, 2.75) is 78.0 Å². The highest BCUT2D eigenvalue weighted by atomic mass is 32.1. The lowest BCUT2D eigenvalue weighted by molar-refractivity contribution is 0.0692. The fourth-order valence-corrected chi connectivity index (χ4v) is 4.77. The molecule has 1 saturated heterocycles. The smallest absolute Gasteiger partial charge is 0.280 e. The molecule has 192 valence electrons. The van der Waals surface area contributed by atoms with Gasteiger partial charge in [0.1, 0.15) is 11.5 Å². The van der Waals surface area contributed by atoms with Crippen LogP contribution in [0.5, 0.6) is 0 Å². The Morgan fingerprint density at radius 1 is 1.37 bits per heavy atom. The number of thiazole rings is 1. The number of hydrogen-bond donors (Lipinski definition) is 3. The van der Waals surface area contributed by atoms with Gasteiger partial charge in [-0.15, -0.1) is 11.3 Å². The van der Waals surface area contributed by atoms with Gasteiger partial charge < -0.3 is 20.6 Å². The van der Waals surface area contributed by atoms with E-state index in [9.17, 15) is 23.5 Å². The van der Waals surface area contributed by atoms with E-state index in [-0.39, 0.29) is 45.3 Å². The lowest BCUT2D eigenvalue weighted by atomic mass is 10.1. The zero-order chi connectivity index (χ0) is 25.9. The zero-order valence-corrected chi connectivity index (χ0v) is 21.5. The van der Waals surface area contributed by atoms with E-state index in [0.717, 1.165) is 30.6 Å². The van der Waals surface area contributed by atoms with Crippen molar-refractivity contribution in [3.8, 4) is 10.4 Å². The summed E-state index contributed by atoms with van der Waals surface area (Å²) < 4.78 is 28.3. The molecule has 3 heterocycles. The van der Waals surface area contributed by atoms with E-state index in [1.165, 1.54) is 12.3 Å². The van der Waals surface area contributed by atoms with E-state index in [1.807, 2.05) is 20.8 Å². The Morgan fingerprint density at radius 3 is 2.66 bits per heavy atom. The van der Waals surface area contributed by atoms with Crippen molar-refractivity contribution in [3.05, 3.63) is 28.5 Å². The number of alkyl halides is 2. The predicted octanol–water partition coefficient (Wildman–Crippen LogP) is 4.48. The molecule has 0 spiro atoms. The minimum Gasteiger partial charge on any atom is -0.389 e. The van der Waals surface area contributed by atoms with Gasteiger partial charge in [-0.1, -0.05) is 6.92 Å². The van der Waals surface area contributed by atoms with E-state index >= 15 is 0 Å². The van der Waals surface area contributed by atoms with Gasteiger partial charge in [0.25, 0.3) is 18.2 Å². The average molecular weight is 510 g/mol. The second-order valence-electron chi connectivity index (χ2n) is 9.59. The molecule has 2 atom stereocenters. The second-order valence-corrected chi connectivity index (χ2v) is 10.6. The normalized spacial score (nSPS) is 17.1. The third kappa shape index (κ3) is 6.52. The summed E-state index contributed by atoms with van der Waals surface area (Å²) >= 11 is 0.869. The molecule has 2 amide bonds. The summed E-state index contributed by atoms with van der Waals surface area (Å²) in [5, 5.41) is 15.6. The molecule has 8 nitrogen and oxygen atoms in total. The standard InChI is InChI=1S/C24H33F2N5O3S/c1-6-13(2)29-17-10-15(20(25)26)16(11-27-17)19-18(23(33)31-9-7-8-14(31)3)30-22(35-19)21(32)28-12-24(4,5)34/h10-11,13-14,20,34H,6-9,12H2,1-5H3,(H,27,29)(H,28,32)/t13-,14+/m1/s1. The summed E-state index contributed by atoms with van der Waals surface area (Å²) in [6, 6.07) is 1.31. The Balaban J connectivity index is 2.07. The van der Waals surface area contributed by atoms with Gasteiger partial charge in [0, 0.05) is 42.5 Å². The summed E-state index contributed by atoms with van der Waals surface area (Å²) in [5.41, 5.74) is -1.40. The van der Waals surface area contributed by atoms with Crippen LogP contribution in [0, 0.1) is 0 Å². The van der Waals surface area contributed by atoms with Gasteiger partial charge >= 0.3 is 0 Å². The van der Waals surface area contributed by atoms with Crippen LogP contribution in [0.25, 0.3) is 10.4 Å². The van der Waals surface area contributed by atoms with Crippen molar-refractivity contribution in [1.82, 2.24) is 20.2 Å². The van der Waals surface area contributed by atoms with Crippen LogP contribution < -0.4 is 10.6 Å². The van der Waals surface area contributed by atoms with Crippen LogP contribution in [0.2, 0.25) is 0 Å². The molecule has 0 unspecified atom stereocenters. The van der Waals surface area contributed by atoms with Crippen LogP contribution in [-0.4, -0.2) is 62.6 Å². The Labute approximate surface area is 208 Å². The van der Waals surface area contributed by atoms with Crippen LogP contribution in [-0.2, 0) is 0 Å². The van der Waals surface area contributed by atoms with Gasteiger partial charge in [-0.3, -0.25) is 9.59 Å². The third-order valence-electron chi connectivity index (χ3n) is 5.94. The third-order valence-corrected chi connectivity index (χ3v) is 7.03. The molecular formula is C24H33F2N5O3S. The largest absolute Gasteiger partial charge is 0.389 e. The number of likely N-dealkylation sites (tertiary alicyclic amines) is 1. The van der Waals surface area contributed by atoms with E-state index < -0.39 is 23.8 Å². The van der Waals surface area contributed by atoms with Gasteiger partial charge in [-0.2, -0.15) is 0 Å². The average Bonchev–Trinajstić information content (AvgIpc) is 3.43. The number of aliphatic hydroxyl groups is 1. The highest BCUT2D eigenvalue weighted by Gasteiger charge is 2.33. The van der Waals surface area contributed by atoms with Crippen molar-refractivity contribution < 1.29 is 23.5 Å². The highest BCUT2D eigenvalue weighted by Crippen LogP contribution is 2.38. The van der Waals surface area contributed by atoms with E-state index in [4.69, 9.17) is 0 Å². The summed E-state index contributed by atoms with van der Waals surface area (Å²) in [7, 11) is 0. The Hall–Kier alpha value is -2.66. The van der Waals surface area contributed by atoms with Crippen molar-refractivity contribution in [2.24, 2.45) is 0 Å². The minimum atomic E-state index is -2.83. The van der Waals surface area contributed by atoms with Crippen LogP contribution in [0.3, 0.4) is 0 Å². The molecule has 1 fully saturated rings. The van der Waals surface area contributed by atoms with Crippen LogP contribution in [0.1, 0.15) is 86.2 Å². The molecule has 11 heteroatoms. The molecule has 0 aliphatic carbocycles. The van der Waals surface area contributed by atoms with Gasteiger partial charge in [-0.05, 0) is 53.0 Å². The SMILES string of the molecule is CC[C@@H](C)Nc1cc(C(F)F)c(-c2sc(C(=O)NCC(C)(C)O)nc2C(=O)N2CCC[C@@H]2C)cn1. The molecule has 1 aliphatic rings. The molecule has 3 rings (SSSR count). The Morgan fingerprint density at radius 2 is 2.09 bits per heavy atom. The fourth-order valence-electron chi connectivity index (χ4n) is 3.76. The van der Waals surface area contributed by atoms with Gasteiger partial charge in [0.15, 0.2) is 5.01 Å². The number of halogens is 2. The molecule has 0 radical (unpaired) electrons. The molecule has 2 aromatic rings. The van der Waals surface area contributed by atoms with E-state index in [1.54, 1.807) is 18.7 Å². The van der Waals surface area contributed by atoms with Gasteiger partial charge in [0.2, 0.25) is 0 Å². The number of rotatable bonds is 9. The van der Waals surface area contributed by atoms with Crippen LogP contribution in [0.15, 0.2) is 12.3 Å². The number of carbonyl (C=O) groups is 2. The maximum Gasteiger partial charge on any atom is 0.280 e. The Kier molecular flexibility index (Phi) is 8.42. The van der Waals surface area contributed by atoms with Crippen molar-refractivity contribution in [3.63, 3.8) is 0 Å². The minimum absolute atomic E-state index is 0.0145. The first kappa shape index (κ1) is 26.9. The van der Waals surface area contributed by atoms with E-state index in [2.05, 4.69) is 20.6 Å². The first-order valence-corrected chi connectivity index (χ1v) is 12.6. The number of pyridine rings is 1. The van der Waals surface area contributed by atoms with Crippen molar-refractivity contribution in [2.75, 3.05) is 18.4 Å². The molecule has 0 aromatic carbocycles. The summed E-state index contributed by atoms with van der Waals surface area (Å²) in [5.74, 6) is -0.676. The molecule has 0 bridgehead atoms. The number of aromatic nitrogens is 2. The predicted molar refractivity (Wildman–Crippen MR) is 132 cm³/mol. The van der Waals surface area contributed by atoms with Crippen LogP contribution >= 0.6 is 11.3 Å². The van der Waals surface area contributed by atoms with E-state index in [0.29, 0.717) is 12.4 Å². The maximum atomic E-state index is 14.2. The number of carbonyl (C=O) groups excluding carboxylic acids is 2. The molecule has 3 N–H and O–H groups in total. The Bertz CT molecular complexity index is 1070. The number of nitrogens with one attached hydrogen (secondary N) is 2. The van der Waals surface area contributed by atoms with Crippen molar-refractivity contribution in [1.29, 1.82) is 0 Å². The molecule has 35 heavy (non-hydrogen) atoms. The molecule has 2 aromatic heterocycles. The topological polar surface area (TPSA) is 107 Å². The molecular weight excluding hydrogens is 476 g/mol. The lowest BCUT2D eigenvalue weighted by Crippen LogP contribution is -2.38. The van der Waals surface area contributed by atoms with Gasteiger partial charge in [-0.25, -0.2) is 18.7 Å². The first-order chi connectivity index (χ1) is 16.4. The lowest BCUT2D eigenvalue weighted by Gasteiger charge is -2.21. The zero-order valence-electron chi connectivity index (χ0n) is 20.7. The van der Waals surface area contributed by atoms with Crippen molar-refractivity contribution >= 4 is 29.0 Å². The first-order valence-electron chi connectivity index (χ1n) is 11.8. The number of anilines is 1. The number of hydrogen-bond acceptors (Lipinski definition) is 7. The van der Waals surface area contributed by atoms with Crippen LogP contribution in [0.4, 0.5) is 14.6 Å². The summed E-state index contributed by atoms with van der Waals surface area (Å²) in [4.78, 5) is 36.6. The quantitative estimate of drug-likeness (QED) is 0.460. The number of nitrogens with zero attached hydrogens (tertiary/aromatic N) is 3. The number of amides is 2. The monoisotopic (exact) mass is 509 g/mol. The van der Waals surface area contributed by atoms with Gasteiger partial charge in [0.05, 0.1) is 10.5 Å². The fraction of sp³-hybridized carbons (Fsp3) is 0.583. The summed E-state index contributed by atoms with van der Waals surface area (Å²) in [6.07, 6.45) is 0.948. The highest BCUT2D eigenvalue weighted by molar-refractivity contribution is 7.17.